The number of hydrogen-bond acceptors (Lipinski definition) is 5. The molecule has 5 nitrogen and oxygen atoms in total. The summed E-state index contributed by atoms with van der Waals surface area (Å²) in [6.45, 7) is 3.76. The summed E-state index contributed by atoms with van der Waals surface area (Å²) >= 11 is 0. The number of esters is 2. The molecule has 1 atom stereocenters. The molecule has 0 spiro atoms. The second kappa shape index (κ2) is 6.37. The molecular weight excluding hydrogens is 186 g/mol. The van der Waals surface area contributed by atoms with E-state index in [1.165, 1.54) is 14.2 Å². The number of ether oxygens (including phenoxy) is 2. The average Bonchev–Trinajstić information content (AvgIpc) is 2.14. The maximum Gasteiger partial charge on any atom is 0.323 e. The SMILES string of the molecule is COC(=O)CC(NC(C)C)C(=O)OC. The van der Waals surface area contributed by atoms with Gasteiger partial charge >= 0.3 is 11.9 Å². The summed E-state index contributed by atoms with van der Waals surface area (Å²) in [4.78, 5) is 22.2. The van der Waals surface area contributed by atoms with Crippen molar-refractivity contribution in [2.75, 3.05) is 14.2 Å². The lowest BCUT2D eigenvalue weighted by Crippen LogP contribution is -2.43. The van der Waals surface area contributed by atoms with E-state index in [9.17, 15) is 9.59 Å². The summed E-state index contributed by atoms with van der Waals surface area (Å²) in [5.74, 6) is -0.891. The summed E-state index contributed by atoms with van der Waals surface area (Å²) in [6, 6.07) is -0.531. The lowest BCUT2D eigenvalue weighted by atomic mass is 10.2. The number of carbonyl (C=O) groups excluding carboxylic acids is 2. The summed E-state index contributed by atoms with van der Waals surface area (Å²) < 4.78 is 9.02. The predicted octanol–water partition coefficient (Wildman–Crippen LogP) is 0.0891. The largest absolute Gasteiger partial charge is 0.469 e. The van der Waals surface area contributed by atoms with Crippen LogP contribution in [0.5, 0.6) is 0 Å². The minimum absolute atomic E-state index is 0.0125. The van der Waals surface area contributed by atoms with Gasteiger partial charge < -0.3 is 14.8 Å². The highest BCUT2D eigenvalue weighted by Gasteiger charge is 2.23. The van der Waals surface area contributed by atoms with Crippen molar-refractivity contribution in [1.29, 1.82) is 0 Å². The second-order valence-electron chi connectivity index (χ2n) is 3.18. The normalized spacial score (nSPS) is 12.4. The summed E-state index contributed by atoms with van der Waals surface area (Å²) in [5.41, 5.74) is 0. The van der Waals surface area contributed by atoms with Crippen molar-refractivity contribution in [2.24, 2.45) is 0 Å². The van der Waals surface area contributed by atoms with Crippen molar-refractivity contribution in [3.8, 4) is 0 Å². The van der Waals surface area contributed by atoms with E-state index in [0.29, 0.717) is 0 Å². The van der Waals surface area contributed by atoms with E-state index in [1.54, 1.807) is 0 Å². The van der Waals surface area contributed by atoms with E-state index in [0.717, 1.165) is 0 Å². The first-order valence-electron chi connectivity index (χ1n) is 4.42. The van der Waals surface area contributed by atoms with Gasteiger partial charge in [-0.1, -0.05) is 13.8 Å². The highest BCUT2D eigenvalue weighted by molar-refractivity contribution is 5.82. The van der Waals surface area contributed by atoms with Crippen molar-refractivity contribution >= 4 is 11.9 Å². The van der Waals surface area contributed by atoms with Gasteiger partial charge in [0.2, 0.25) is 0 Å². The van der Waals surface area contributed by atoms with E-state index < -0.39 is 18.0 Å². The molecule has 0 bridgehead atoms. The fourth-order valence-electron chi connectivity index (χ4n) is 1.00. The summed E-state index contributed by atoms with van der Waals surface area (Å²) in [6.07, 6.45) is -0.0125. The van der Waals surface area contributed by atoms with Crippen LogP contribution in [0.1, 0.15) is 20.3 Å². The first kappa shape index (κ1) is 12.9. The molecule has 5 heteroatoms. The molecule has 14 heavy (non-hydrogen) atoms. The molecule has 0 aromatic carbocycles. The average molecular weight is 203 g/mol. The van der Waals surface area contributed by atoms with Gasteiger partial charge in [0.1, 0.15) is 6.04 Å². The van der Waals surface area contributed by atoms with Crippen LogP contribution in [0, 0.1) is 0 Å². The molecule has 1 unspecified atom stereocenters. The van der Waals surface area contributed by atoms with E-state index in [-0.39, 0.29) is 12.5 Å². The van der Waals surface area contributed by atoms with Gasteiger partial charge in [-0.05, 0) is 0 Å². The number of nitrogens with one attached hydrogen (secondary N) is 1. The first-order valence-corrected chi connectivity index (χ1v) is 4.42. The van der Waals surface area contributed by atoms with Gasteiger partial charge in [0.25, 0.3) is 0 Å². The van der Waals surface area contributed by atoms with Crippen molar-refractivity contribution in [2.45, 2.75) is 32.4 Å². The molecule has 0 heterocycles. The molecule has 0 aromatic heterocycles. The lowest BCUT2D eigenvalue weighted by Gasteiger charge is -2.17. The van der Waals surface area contributed by atoms with Gasteiger partial charge in [-0.2, -0.15) is 0 Å². The lowest BCUT2D eigenvalue weighted by molar-refractivity contribution is -0.149. The minimum atomic E-state index is -0.632. The molecule has 0 saturated carbocycles. The third-order valence-corrected chi connectivity index (χ3v) is 1.62. The van der Waals surface area contributed by atoms with Crippen LogP contribution in [0.3, 0.4) is 0 Å². The zero-order valence-electron chi connectivity index (χ0n) is 8.99. The van der Waals surface area contributed by atoms with Gasteiger partial charge in [-0.3, -0.25) is 9.59 Å². The maximum absolute atomic E-state index is 11.2. The Morgan fingerprint density at radius 2 is 1.79 bits per heavy atom. The summed E-state index contributed by atoms with van der Waals surface area (Å²) in [7, 11) is 2.57. The van der Waals surface area contributed by atoms with Crippen molar-refractivity contribution in [3.05, 3.63) is 0 Å². The Bertz CT molecular complexity index is 203. The van der Waals surface area contributed by atoms with E-state index in [4.69, 9.17) is 0 Å². The maximum atomic E-state index is 11.2. The Labute approximate surface area is 83.8 Å². The number of rotatable bonds is 5. The molecule has 0 radical (unpaired) electrons. The van der Waals surface area contributed by atoms with Gasteiger partial charge in [0.15, 0.2) is 0 Å². The summed E-state index contributed by atoms with van der Waals surface area (Å²) in [5, 5.41) is 2.92. The molecule has 1 N–H and O–H groups in total. The smallest absolute Gasteiger partial charge is 0.323 e. The van der Waals surface area contributed by atoms with Crippen LogP contribution in [-0.2, 0) is 19.1 Å². The minimum Gasteiger partial charge on any atom is -0.469 e. The van der Waals surface area contributed by atoms with Gasteiger partial charge in [0, 0.05) is 6.04 Å². The molecule has 0 rings (SSSR count). The van der Waals surface area contributed by atoms with Crippen LogP contribution in [0.4, 0.5) is 0 Å². The number of methoxy groups -OCH3 is 2. The van der Waals surface area contributed by atoms with E-state index in [2.05, 4.69) is 14.8 Å². The molecule has 0 aliphatic rings. The first-order chi connectivity index (χ1) is 6.51. The van der Waals surface area contributed by atoms with Gasteiger partial charge in [0.05, 0.1) is 20.6 Å². The van der Waals surface area contributed by atoms with Crippen LogP contribution < -0.4 is 5.32 Å². The highest BCUT2D eigenvalue weighted by atomic mass is 16.5. The van der Waals surface area contributed by atoms with Crippen LogP contribution in [0.15, 0.2) is 0 Å². The van der Waals surface area contributed by atoms with E-state index >= 15 is 0 Å². The standard InChI is InChI=1S/C9H17NO4/c1-6(2)10-7(9(12)14-4)5-8(11)13-3/h6-7,10H,5H2,1-4H3. The quantitative estimate of drug-likeness (QED) is 0.641. The van der Waals surface area contributed by atoms with E-state index in [1.807, 2.05) is 13.8 Å². The Morgan fingerprint density at radius 1 is 1.21 bits per heavy atom. The Hall–Kier alpha value is -1.10. The molecule has 0 aromatic rings. The highest BCUT2D eigenvalue weighted by Crippen LogP contribution is 1.98. The van der Waals surface area contributed by atoms with Crippen LogP contribution in [-0.4, -0.2) is 38.2 Å². The zero-order valence-corrected chi connectivity index (χ0v) is 8.99. The number of carbonyl (C=O) groups is 2. The fourth-order valence-corrected chi connectivity index (χ4v) is 1.00. The van der Waals surface area contributed by atoms with Crippen LogP contribution >= 0.6 is 0 Å². The van der Waals surface area contributed by atoms with Crippen molar-refractivity contribution < 1.29 is 19.1 Å². The third kappa shape index (κ3) is 4.81. The van der Waals surface area contributed by atoms with Crippen molar-refractivity contribution in [1.82, 2.24) is 5.32 Å². The van der Waals surface area contributed by atoms with Crippen LogP contribution in [0.2, 0.25) is 0 Å². The Morgan fingerprint density at radius 3 is 2.14 bits per heavy atom. The third-order valence-electron chi connectivity index (χ3n) is 1.62. The molecule has 0 aliphatic carbocycles. The predicted molar refractivity (Wildman–Crippen MR) is 50.7 cm³/mol. The zero-order chi connectivity index (χ0) is 11.1. The number of hydrogen-bond donors (Lipinski definition) is 1. The molecule has 0 fully saturated rings. The monoisotopic (exact) mass is 203 g/mol. The van der Waals surface area contributed by atoms with Crippen molar-refractivity contribution in [3.63, 3.8) is 0 Å². The van der Waals surface area contributed by atoms with Crippen LogP contribution in [0.25, 0.3) is 0 Å². The molecule has 0 aliphatic heterocycles. The van der Waals surface area contributed by atoms with Gasteiger partial charge in [-0.15, -0.1) is 0 Å². The molecule has 0 amide bonds. The Balaban J connectivity index is 4.24. The molecule has 82 valence electrons. The second-order valence-corrected chi connectivity index (χ2v) is 3.18. The topological polar surface area (TPSA) is 64.6 Å². The molecule has 0 saturated heterocycles. The fraction of sp³-hybridized carbons (Fsp3) is 0.778. The van der Waals surface area contributed by atoms with Gasteiger partial charge in [-0.25, -0.2) is 0 Å². The Kier molecular flexibility index (Phi) is 5.87. The molecular formula is C9H17NO4.